The fraction of sp³-hybridized carbons (Fsp3) is 0.455. The topological polar surface area (TPSA) is 50.2 Å². The van der Waals surface area contributed by atoms with Crippen LogP contribution < -0.4 is 0 Å². The van der Waals surface area contributed by atoms with Crippen molar-refractivity contribution in [2.45, 2.75) is 30.5 Å². The number of aliphatic carboxylic acids is 1. The molecule has 3 nitrogen and oxygen atoms in total. The first-order valence-electron chi connectivity index (χ1n) is 5.27. The summed E-state index contributed by atoms with van der Waals surface area (Å²) in [5.74, 6) is -0.196. The summed E-state index contributed by atoms with van der Waals surface area (Å²) >= 11 is 1.32. The van der Waals surface area contributed by atoms with Gasteiger partial charge in [-0.2, -0.15) is 13.2 Å². The zero-order valence-electron chi connectivity index (χ0n) is 9.41. The SMILES string of the molecule is O=C(O)CCCCSc1ccc(C(F)(F)F)cn1. The molecule has 0 spiro atoms. The van der Waals surface area contributed by atoms with Crippen molar-refractivity contribution in [2.75, 3.05) is 5.75 Å². The number of carboxylic acids is 1. The van der Waals surface area contributed by atoms with Gasteiger partial charge in [0.1, 0.15) is 0 Å². The molecule has 0 fully saturated rings. The van der Waals surface area contributed by atoms with Gasteiger partial charge in [0, 0.05) is 12.6 Å². The highest BCUT2D eigenvalue weighted by Gasteiger charge is 2.30. The van der Waals surface area contributed by atoms with E-state index >= 15 is 0 Å². The predicted molar refractivity (Wildman–Crippen MR) is 61.4 cm³/mol. The van der Waals surface area contributed by atoms with E-state index in [1.54, 1.807) is 0 Å². The van der Waals surface area contributed by atoms with Crippen molar-refractivity contribution in [2.24, 2.45) is 0 Å². The maximum atomic E-state index is 12.2. The number of rotatable bonds is 6. The number of halogens is 3. The molecule has 0 aliphatic heterocycles. The number of carboxylic acid groups (broad SMARTS) is 1. The van der Waals surface area contributed by atoms with Crippen molar-refractivity contribution in [3.05, 3.63) is 23.9 Å². The number of carbonyl (C=O) groups is 1. The molecule has 1 aromatic rings. The normalized spacial score (nSPS) is 11.5. The van der Waals surface area contributed by atoms with Crippen molar-refractivity contribution in [3.63, 3.8) is 0 Å². The van der Waals surface area contributed by atoms with E-state index in [0.29, 0.717) is 23.6 Å². The van der Waals surface area contributed by atoms with E-state index in [1.165, 1.54) is 17.8 Å². The molecule has 0 saturated carbocycles. The highest BCUT2D eigenvalue weighted by atomic mass is 32.2. The summed E-state index contributed by atoms with van der Waals surface area (Å²) in [6.07, 6.45) is -2.19. The Bertz CT molecular complexity index is 392. The molecule has 0 saturated heterocycles. The fourth-order valence-corrected chi connectivity index (χ4v) is 2.04. The molecule has 0 amide bonds. The number of nitrogens with zero attached hydrogens (tertiary/aromatic N) is 1. The van der Waals surface area contributed by atoms with Crippen LogP contribution in [0.15, 0.2) is 23.4 Å². The van der Waals surface area contributed by atoms with Crippen LogP contribution in [0.4, 0.5) is 13.2 Å². The molecule has 18 heavy (non-hydrogen) atoms. The second kappa shape index (κ2) is 6.63. The van der Waals surface area contributed by atoms with Crippen molar-refractivity contribution in [1.29, 1.82) is 0 Å². The molecule has 0 bridgehead atoms. The van der Waals surface area contributed by atoms with E-state index in [2.05, 4.69) is 4.98 Å². The lowest BCUT2D eigenvalue weighted by molar-refractivity contribution is -0.138. The van der Waals surface area contributed by atoms with Gasteiger partial charge >= 0.3 is 12.1 Å². The van der Waals surface area contributed by atoms with Crippen LogP contribution in [0.25, 0.3) is 0 Å². The van der Waals surface area contributed by atoms with E-state index in [1.807, 2.05) is 0 Å². The first-order valence-corrected chi connectivity index (χ1v) is 6.26. The molecule has 0 radical (unpaired) electrons. The van der Waals surface area contributed by atoms with Crippen LogP contribution in [0.3, 0.4) is 0 Å². The zero-order valence-corrected chi connectivity index (χ0v) is 10.2. The first-order chi connectivity index (χ1) is 8.39. The van der Waals surface area contributed by atoms with Gasteiger partial charge in [-0.25, -0.2) is 4.98 Å². The Morgan fingerprint density at radius 3 is 2.56 bits per heavy atom. The molecule has 1 N–H and O–H groups in total. The van der Waals surface area contributed by atoms with Crippen LogP contribution in [0.2, 0.25) is 0 Å². The second-order valence-corrected chi connectivity index (χ2v) is 4.70. The summed E-state index contributed by atoms with van der Waals surface area (Å²) in [5.41, 5.74) is -0.766. The molecule has 1 rings (SSSR count). The third-order valence-corrected chi connectivity index (χ3v) is 3.13. The minimum absolute atomic E-state index is 0.112. The Morgan fingerprint density at radius 2 is 2.06 bits per heavy atom. The standard InChI is InChI=1S/C11H12F3NO2S/c12-11(13,14)8-4-5-9(15-7-8)18-6-2-1-3-10(16)17/h4-5,7H,1-3,6H2,(H,16,17). The predicted octanol–water partition coefficient (Wildman–Crippen LogP) is 3.45. The summed E-state index contributed by atoms with van der Waals surface area (Å²) in [7, 11) is 0. The van der Waals surface area contributed by atoms with Crippen LogP contribution in [0, 0.1) is 0 Å². The van der Waals surface area contributed by atoms with Gasteiger partial charge in [0.2, 0.25) is 0 Å². The summed E-state index contributed by atoms with van der Waals surface area (Å²) < 4.78 is 36.7. The average molecular weight is 279 g/mol. The molecule has 0 aliphatic rings. The summed E-state index contributed by atoms with van der Waals surface area (Å²) in [5, 5.41) is 8.92. The maximum Gasteiger partial charge on any atom is 0.417 e. The van der Waals surface area contributed by atoms with Gasteiger partial charge in [0.15, 0.2) is 0 Å². The number of thioether (sulfide) groups is 1. The number of unbranched alkanes of at least 4 members (excludes halogenated alkanes) is 1. The zero-order chi connectivity index (χ0) is 13.6. The molecule has 1 aromatic heterocycles. The molecule has 0 aliphatic carbocycles. The van der Waals surface area contributed by atoms with Crippen LogP contribution in [-0.2, 0) is 11.0 Å². The molecule has 1 heterocycles. The Kier molecular flexibility index (Phi) is 5.46. The quantitative estimate of drug-likeness (QED) is 0.640. The van der Waals surface area contributed by atoms with Gasteiger partial charge in [0.05, 0.1) is 10.6 Å². The molecule has 0 atom stereocenters. The highest BCUT2D eigenvalue weighted by Crippen LogP contribution is 2.29. The third kappa shape index (κ3) is 5.39. The van der Waals surface area contributed by atoms with Crippen LogP contribution >= 0.6 is 11.8 Å². The van der Waals surface area contributed by atoms with Crippen molar-refractivity contribution < 1.29 is 23.1 Å². The van der Waals surface area contributed by atoms with E-state index in [0.717, 1.165) is 12.3 Å². The Morgan fingerprint density at radius 1 is 1.33 bits per heavy atom. The number of hydrogen-bond acceptors (Lipinski definition) is 3. The largest absolute Gasteiger partial charge is 0.481 e. The summed E-state index contributed by atoms with van der Waals surface area (Å²) in [6.45, 7) is 0. The lowest BCUT2D eigenvalue weighted by Crippen LogP contribution is -2.05. The number of alkyl halides is 3. The van der Waals surface area contributed by atoms with Crippen molar-refractivity contribution in [3.8, 4) is 0 Å². The van der Waals surface area contributed by atoms with Crippen molar-refractivity contribution in [1.82, 2.24) is 4.98 Å². The third-order valence-electron chi connectivity index (χ3n) is 2.10. The first kappa shape index (κ1) is 14.8. The Labute approximate surface area is 106 Å². The van der Waals surface area contributed by atoms with Crippen LogP contribution in [-0.4, -0.2) is 21.8 Å². The lowest BCUT2D eigenvalue weighted by atomic mass is 10.2. The number of aromatic nitrogens is 1. The van der Waals surface area contributed by atoms with Crippen molar-refractivity contribution >= 4 is 17.7 Å². The Balaban J connectivity index is 2.33. The van der Waals surface area contributed by atoms with E-state index in [-0.39, 0.29) is 6.42 Å². The number of pyridine rings is 1. The lowest BCUT2D eigenvalue weighted by Gasteiger charge is -2.06. The van der Waals surface area contributed by atoms with Crippen LogP contribution in [0.5, 0.6) is 0 Å². The summed E-state index contributed by atoms with van der Waals surface area (Å²) in [6, 6.07) is 2.32. The molecule has 0 unspecified atom stereocenters. The summed E-state index contributed by atoms with van der Waals surface area (Å²) in [4.78, 5) is 13.9. The Hall–Kier alpha value is -1.24. The smallest absolute Gasteiger partial charge is 0.417 e. The molecule has 7 heteroatoms. The van der Waals surface area contributed by atoms with E-state index in [4.69, 9.17) is 5.11 Å². The van der Waals surface area contributed by atoms with Crippen LogP contribution in [0.1, 0.15) is 24.8 Å². The van der Waals surface area contributed by atoms with Gasteiger partial charge in [-0.05, 0) is 30.7 Å². The minimum Gasteiger partial charge on any atom is -0.481 e. The highest BCUT2D eigenvalue weighted by molar-refractivity contribution is 7.99. The van der Waals surface area contributed by atoms with Gasteiger partial charge in [-0.3, -0.25) is 4.79 Å². The molecular weight excluding hydrogens is 267 g/mol. The molecule has 100 valence electrons. The fourth-order valence-electron chi connectivity index (χ4n) is 1.19. The maximum absolute atomic E-state index is 12.2. The molecular formula is C11H12F3NO2S. The average Bonchev–Trinajstić information content (AvgIpc) is 2.27. The van der Waals surface area contributed by atoms with Gasteiger partial charge < -0.3 is 5.11 Å². The second-order valence-electron chi connectivity index (χ2n) is 3.58. The molecule has 0 aromatic carbocycles. The van der Waals surface area contributed by atoms with Gasteiger partial charge in [-0.1, -0.05) is 0 Å². The van der Waals surface area contributed by atoms with E-state index in [9.17, 15) is 18.0 Å². The minimum atomic E-state index is -4.36. The number of hydrogen-bond donors (Lipinski definition) is 1. The van der Waals surface area contributed by atoms with Gasteiger partial charge in [-0.15, -0.1) is 11.8 Å². The monoisotopic (exact) mass is 279 g/mol. The van der Waals surface area contributed by atoms with E-state index < -0.39 is 17.7 Å². The van der Waals surface area contributed by atoms with Gasteiger partial charge in [0.25, 0.3) is 0 Å².